The summed E-state index contributed by atoms with van der Waals surface area (Å²) < 4.78 is 3.29. The maximum atomic E-state index is 3.77. The molecular formula is C8H13N3S. The quantitative estimate of drug-likeness (QED) is 0.710. The number of nitrogens with zero attached hydrogens (tertiary/aromatic N) is 2. The highest BCUT2D eigenvalue weighted by Gasteiger charge is 2.08. The number of aromatic nitrogens is 2. The molecule has 4 heteroatoms. The van der Waals surface area contributed by atoms with Crippen LogP contribution in [0.1, 0.15) is 20.8 Å². The second kappa shape index (κ2) is 3.87. The fraction of sp³-hybridized carbons (Fsp3) is 0.500. The second-order valence-electron chi connectivity index (χ2n) is 3.53. The van der Waals surface area contributed by atoms with Crippen LogP contribution < -0.4 is 4.72 Å². The molecular weight excluding hydrogens is 170 g/mol. The van der Waals surface area contributed by atoms with E-state index in [0.29, 0.717) is 0 Å². The summed E-state index contributed by atoms with van der Waals surface area (Å²) in [6, 6.07) is 1.93. The summed E-state index contributed by atoms with van der Waals surface area (Å²) >= 11 is 1.57. The van der Waals surface area contributed by atoms with Crippen molar-refractivity contribution in [3.63, 3.8) is 0 Å². The average Bonchev–Trinajstić information content (AvgIpc) is 2.02. The second-order valence-corrected chi connectivity index (χ2v) is 4.41. The Kier molecular flexibility index (Phi) is 3.05. The fourth-order valence-corrected chi connectivity index (χ4v) is 1.20. The highest BCUT2D eigenvalue weighted by Crippen LogP contribution is 2.15. The molecule has 0 aromatic carbocycles. The van der Waals surface area contributed by atoms with Crippen LogP contribution in [0.5, 0.6) is 0 Å². The van der Waals surface area contributed by atoms with Crippen molar-refractivity contribution in [1.29, 1.82) is 0 Å². The third kappa shape index (κ3) is 3.69. The minimum atomic E-state index is 0.119. The van der Waals surface area contributed by atoms with Crippen molar-refractivity contribution >= 4 is 11.9 Å². The van der Waals surface area contributed by atoms with Gasteiger partial charge < -0.3 is 0 Å². The minimum Gasteiger partial charge on any atom is -0.255 e. The van der Waals surface area contributed by atoms with E-state index in [4.69, 9.17) is 0 Å². The summed E-state index contributed by atoms with van der Waals surface area (Å²) in [6.45, 7) is 6.36. The molecule has 0 atom stereocenters. The van der Waals surface area contributed by atoms with Crippen LogP contribution in [-0.4, -0.2) is 15.7 Å². The van der Waals surface area contributed by atoms with Gasteiger partial charge in [-0.15, -0.1) is 0 Å². The number of rotatable bonds is 2. The molecule has 3 nitrogen and oxygen atoms in total. The van der Waals surface area contributed by atoms with E-state index in [1.165, 1.54) is 0 Å². The molecule has 0 radical (unpaired) electrons. The number of hydrogen-bond acceptors (Lipinski definition) is 4. The third-order valence-electron chi connectivity index (χ3n) is 1.03. The number of hydrogen-bond donors (Lipinski definition) is 1. The fourth-order valence-electron chi connectivity index (χ4n) is 0.551. The summed E-state index contributed by atoms with van der Waals surface area (Å²) in [4.78, 5) is 1.08. The molecule has 0 amide bonds. The van der Waals surface area contributed by atoms with E-state index in [0.717, 1.165) is 4.90 Å². The normalized spacial score (nSPS) is 11.6. The van der Waals surface area contributed by atoms with Crippen LogP contribution >= 0.6 is 11.9 Å². The van der Waals surface area contributed by atoms with Crippen molar-refractivity contribution in [3.05, 3.63) is 18.5 Å². The van der Waals surface area contributed by atoms with Crippen LogP contribution in [0.25, 0.3) is 0 Å². The molecule has 0 fully saturated rings. The predicted octanol–water partition coefficient (Wildman–Crippen LogP) is 1.87. The van der Waals surface area contributed by atoms with Gasteiger partial charge in [0.1, 0.15) is 0 Å². The monoisotopic (exact) mass is 183 g/mol. The predicted molar refractivity (Wildman–Crippen MR) is 50.8 cm³/mol. The Morgan fingerprint density at radius 3 is 2.58 bits per heavy atom. The largest absolute Gasteiger partial charge is 0.255 e. The van der Waals surface area contributed by atoms with Gasteiger partial charge in [0.15, 0.2) is 0 Å². The van der Waals surface area contributed by atoms with E-state index < -0.39 is 0 Å². The van der Waals surface area contributed by atoms with E-state index in [2.05, 4.69) is 35.7 Å². The Hall–Kier alpha value is -0.610. The highest BCUT2D eigenvalue weighted by molar-refractivity contribution is 7.97. The van der Waals surface area contributed by atoms with Gasteiger partial charge in [-0.25, -0.2) is 0 Å². The van der Waals surface area contributed by atoms with Gasteiger partial charge in [0, 0.05) is 10.4 Å². The molecule has 1 aromatic rings. The van der Waals surface area contributed by atoms with Crippen LogP contribution in [0.4, 0.5) is 0 Å². The van der Waals surface area contributed by atoms with Gasteiger partial charge in [-0.05, 0) is 38.8 Å². The molecule has 12 heavy (non-hydrogen) atoms. The Balaban J connectivity index is 2.44. The van der Waals surface area contributed by atoms with Gasteiger partial charge in [0.2, 0.25) is 0 Å². The van der Waals surface area contributed by atoms with E-state index >= 15 is 0 Å². The first kappa shape index (κ1) is 9.48. The molecule has 0 aliphatic heterocycles. The number of nitrogens with one attached hydrogen (secondary N) is 1. The van der Waals surface area contributed by atoms with E-state index in [1.54, 1.807) is 24.3 Å². The Morgan fingerprint density at radius 1 is 1.33 bits per heavy atom. The zero-order valence-corrected chi connectivity index (χ0v) is 8.35. The molecule has 1 N–H and O–H groups in total. The molecule has 1 aromatic heterocycles. The molecule has 1 heterocycles. The molecule has 0 aliphatic rings. The molecule has 0 aliphatic carbocycles. The molecule has 0 saturated carbocycles. The van der Waals surface area contributed by atoms with Gasteiger partial charge in [0.25, 0.3) is 0 Å². The molecule has 66 valence electrons. The minimum absolute atomic E-state index is 0.119. The van der Waals surface area contributed by atoms with Crippen LogP contribution in [0, 0.1) is 0 Å². The van der Waals surface area contributed by atoms with Gasteiger partial charge in [-0.2, -0.15) is 10.2 Å². The van der Waals surface area contributed by atoms with Gasteiger partial charge in [-0.1, -0.05) is 0 Å². The molecule has 0 unspecified atom stereocenters. The summed E-state index contributed by atoms with van der Waals surface area (Å²) in [7, 11) is 0. The van der Waals surface area contributed by atoms with Gasteiger partial charge >= 0.3 is 0 Å². The van der Waals surface area contributed by atoms with Crippen molar-refractivity contribution < 1.29 is 0 Å². The standard InChI is InChI=1S/C8H13N3S/c1-8(2,3)11-12-7-4-5-9-10-6-7/h4-6,11H,1-3H3. The maximum Gasteiger partial charge on any atom is 0.0645 e. The average molecular weight is 183 g/mol. The molecule has 0 bridgehead atoms. The van der Waals surface area contributed by atoms with Crippen molar-refractivity contribution in [2.24, 2.45) is 0 Å². The summed E-state index contributed by atoms with van der Waals surface area (Å²) in [5.74, 6) is 0. The van der Waals surface area contributed by atoms with Crippen LogP contribution in [0.2, 0.25) is 0 Å². The van der Waals surface area contributed by atoms with Crippen molar-refractivity contribution in [2.45, 2.75) is 31.2 Å². The van der Waals surface area contributed by atoms with Crippen molar-refractivity contribution in [2.75, 3.05) is 0 Å². The van der Waals surface area contributed by atoms with Crippen molar-refractivity contribution in [3.8, 4) is 0 Å². The topological polar surface area (TPSA) is 37.8 Å². The summed E-state index contributed by atoms with van der Waals surface area (Å²) in [5.41, 5.74) is 0.119. The Labute approximate surface area is 77.1 Å². The van der Waals surface area contributed by atoms with Crippen LogP contribution in [0.15, 0.2) is 23.4 Å². The van der Waals surface area contributed by atoms with Crippen LogP contribution in [-0.2, 0) is 0 Å². The SMILES string of the molecule is CC(C)(C)NSc1ccnnc1. The zero-order valence-electron chi connectivity index (χ0n) is 7.53. The van der Waals surface area contributed by atoms with Crippen LogP contribution in [0.3, 0.4) is 0 Å². The first-order valence-electron chi connectivity index (χ1n) is 3.79. The molecule has 1 rings (SSSR count). The lowest BCUT2D eigenvalue weighted by Crippen LogP contribution is -2.29. The lowest BCUT2D eigenvalue weighted by molar-refractivity contribution is 0.535. The van der Waals surface area contributed by atoms with E-state index in [-0.39, 0.29) is 5.54 Å². The third-order valence-corrected chi connectivity index (χ3v) is 2.22. The highest BCUT2D eigenvalue weighted by atomic mass is 32.2. The summed E-state index contributed by atoms with van der Waals surface area (Å²) in [5, 5.41) is 7.47. The smallest absolute Gasteiger partial charge is 0.0645 e. The van der Waals surface area contributed by atoms with Crippen molar-refractivity contribution in [1.82, 2.24) is 14.9 Å². The summed E-state index contributed by atoms with van der Waals surface area (Å²) in [6.07, 6.45) is 3.43. The zero-order chi connectivity index (χ0) is 9.03. The van der Waals surface area contributed by atoms with Gasteiger partial charge in [-0.3, -0.25) is 4.72 Å². The Bertz CT molecular complexity index is 230. The molecule has 0 saturated heterocycles. The Morgan fingerprint density at radius 2 is 2.08 bits per heavy atom. The first-order valence-corrected chi connectivity index (χ1v) is 4.60. The van der Waals surface area contributed by atoms with Gasteiger partial charge in [0.05, 0.1) is 12.4 Å². The lowest BCUT2D eigenvalue weighted by atomic mass is 10.1. The maximum absolute atomic E-state index is 3.77. The lowest BCUT2D eigenvalue weighted by Gasteiger charge is -2.18. The first-order chi connectivity index (χ1) is 5.58. The van der Waals surface area contributed by atoms with E-state index in [9.17, 15) is 0 Å². The van der Waals surface area contributed by atoms with E-state index in [1.807, 2.05) is 6.07 Å². The molecule has 0 spiro atoms.